The van der Waals surface area contributed by atoms with Gasteiger partial charge in [0.1, 0.15) is 0 Å². The molecule has 21 heavy (non-hydrogen) atoms. The number of amides is 1. The second-order valence-electron chi connectivity index (χ2n) is 6.75. The zero-order valence-corrected chi connectivity index (χ0v) is 13.2. The Balaban J connectivity index is 1.96. The summed E-state index contributed by atoms with van der Waals surface area (Å²) in [6.45, 7) is 3.86. The summed E-state index contributed by atoms with van der Waals surface area (Å²) in [5, 5.41) is 9.35. The van der Waals surface area contributed by atoms with Gasteiger partial charge in [-0.15, -0.1) is 0 Å². The fourth-order valence-corrected chi connectivity index (χ4v) is 4.04. The molecule has 120 valence electrons. The van der Waals surface area contributed by atoms with Crippen LogP contribution in [0.4, 0.5) is 0 Å². The highest BCUT2D eigenvalue weighted by atomic mass is 16.4. The number of carboxylic acids is 1. The van der Waals surface area contributed by atoms with Crippen LogP contribution in [0.3, 0.4) is 0 Å². The first-order valence-corrected chi connectivity index (χ1v) is 8.65. The zero-order valence-electron chi connectivity index (χ0n) is 13.2. The molecule has 1 saturated heterocycles. The molecule has 1 aliphatic carbocycles. The summed E-state index contributed by atoms with van der Waals surface area (Å²) in [6, 6.07) is 0. The number of aliphatic carboxylic acids is 1. The molecule has 1 amide bonds. The number of carbonyl (C=O) groups excluding carboxylic acids is 1. The third kappa shape index (κ3) is 4.21. The van der Waals surface area contributed by atoms with Crippen molar-refractivity contribution in [2.24, 2.45) is 17.8 Å². The molecule has 0 aromatic heterocycles. The van der Waals surface area contributed by atoms with Gasteiger partial charge in [-0.1, -0.05) is 32.6 Å². The largest absolute Gasteiger partial charge is 0.481 e. The summed E-state index contributed by atoms with van der Waals surface area (Å²) in [6.07, 6.45) is 9.19. The predicted octanol–water partition coefficient (Wildman–Crippen LogP) is 3.31. The number of carbonyl (C=O) groups is 2. The van der Waals surface area contributed by atoms with Crippen LogP contribution in [0.15, 0.2) is 0 Å². The molecule has 0 bridgehead atoms. The molecule has 0 radical (unpaired) electrons. The van der Waals surface area contributed by atoms with Crippen molar-refractivity contribution < 1.29 is 14.7 Å². The Hall–Kier alpha value is -1.06. The standard InChI is InChI=1S/C17H29NO3/c1-2-6-13-7-5-11-18(12-10-13)16(19)14-8-3-4-9-15(14)17(20)21/h13-15H,2-12H2,1H3,(H,20,21)/t13?,14-,15+/m1/s1. The first-order chi connectivity index (χ1) is 10.1. The lowest BCUT2D eigenvalue weighted by Crippen LogP contribution is -2.43. The van der Waals surface area contributed by atoms with Gasteiger partial charge in [-0.3, -0.25) is 9.59 Å². The molecule has 2 fully saturated rings. The SMILES string of the molecule is CCCC1CCCN(C(=O)[C@@H]2CCCC[C@@H]2C(=O)O)CC1. The van der Waals surface area contributed by atoms with Crippen molar-refractivity contribution in [2.45, 2.75) is 64.7 Å². The van der Waals surface area contributed by atoms with Gasteiger partial charge in [0, 0.05) is 13.1 Å². The van der Waals surface area contributed by atoms with E-state index in [1.165, 1.54) is 19.3 Å². The Morgan fingerprint density at radius 3 is 2.38 bits per heavy atom. The van der Waals surface area contributed by atoms with Gasteiger partial charge >= 0.3 is 5.97 Å². The third-order valence-electron chi connectivity index (χ3n) is 5.26. The van der Waals surface area contributed by atoms with Gasteiger partial charge < -0.3 is 10.0 Å². The molecule has 0 spiro atoms. The molecule has 3 atom stereocenters. The van der Waals surface area contributed by atoms with Gasteiger partial charge in [0.15, 0.2) is 0 Å². The highest BCUT2D eigenvalue weighted by Gasteiger charge is 2.38. The van der Waals surface area contributed by atoms with Crippen LogP contribution in [0.1, 0.15) is 64.7 Å². The van der Waals surface area contributed by atoms with Crippen molar-refractivity contribution in [2.75, 3.05) is 13.1 Å². The number of rotatable bonds is 4. The minimum absolute atomic E-state index is 0.110. The van der Waals surface area contributed by atoms with Crippen LogP contribution in [0.2, 0.25) is 0 Å². The van der Waals surface area contributed by atoms with E-state index < -0.39 is 11.9 Å². The number of likely N-dealkylation sites (tertiary alicyclic amines) is 1. The molecule has 0 aromatic carbocycles. The van der Waals surface area contributed by atoms with Gasteiger partial charge in [0.05, 0.1) is 11.8 Å². The molecule has 1 N–H and O–H groups in total. The zero-order chi connectivity index (χ0) is 15.2. The van der Waals surface area contributed by atoms with Crippen LogP contribution >= 0.6 is 0 Å². The molecule has 1 aliphatic heterocycles. The Labute approximate surface area is 127 Å². The maximum absolute atomic E-state index is 12.7. The van der Waals surface area contributed by atoms with Gasteiger partial charge in [-0.05, 0) is 38.0 Å². The van der Waals surface area contributed by atoms with E-state index in [1.807, 2.05) is 4.90 Å². The van der Waals surface area contributed by atoms with Crippen molar-refractivity contribution in [1.29, 1.82) is 0 Å². The summed E-state index contributed by atoms with van der Waals surface area (Å²) in [5.74, 6) is -0.666. The molecule has 2 rings (SSSR count). The van der Waals surface area contributed by atoms with Crippen LogP contribution in [0, 0.1) is 17.8 Å². The average molecular weight is 295 g/mol. The Bertz CT molecular complexity index is 369. The van der Waals surface area contributed by atoms with Gasteiger partial charge in [0.25, 0.3) is 0 Å². The minimum atomic E-state index is -0.785. The van der Waals surface area contributed by atoms with E-state index in [-0.39, 0.29) is 11.8 Å². The van der Waals surface area contributed by atoms with E-state index in [0.717, 1.165) is 51.1 Å². The van der Waals surface area contributed by atoms with E-state index in [0.29, 0.717) is 6.42 Å². The lowest BCUT2D eigenvalue weighted by atomic mass is 9.78. The first kappa shape index (κ1) is 16.3. The molecule has 4 nitrogen and oxygen atoms in total. The summed E-state index contributed by atoms with van der Waals surface area (Å²) in [5.41, 5.74) is 0. The lowest BCUT2D eigenvalue weighted by molar-refractivity contribution is -0.152. The van der Waals surface area contributed by atoms with Crippen LogP contribution in [-0.4, -0.2) is 35.0 Å². The monoisotopic (exact) mass is 295 g/mol. The van der Waals surface area contributed by atoms with Gasteiger partial charge in [-0.2, -0.15) is 0 Å². The Morgan fingerprint density at radius 2 is 1.71 bits per heavy atom. The normalized spacial score (nSPS) is 30.7. The fraction of sp³-hybridized carbons (Fsp3) is 0.882. The van der Waals surface area contributed by atoms with E-state index in [1.54, 1.807) is 0 Å². The second-order valence-corrected chi connectivity index (χ2v) is 6.75. The van der Waals surface area contributed by atoms with Crippen molar-refractivity contribution in [1.82, 2.24) is 4.90 Å². The molecular formula is C17H29NO3. The van der Waals surface area contributed by atoms with E-state index >= 15 is 0 Å². The topological polar surface area (TPSA) is 57.6 Å². The number of nitrogens with zero attached hydrogens (tertiary/aromatic N) is 1. The molecule has 0 aromatic rings. The van der Waals surface area contributed by atoms with Crippen LogP contribution in [0.5, 0.6) is 0 Å². The number of carboxylic acid groups (broad SMARTS) is 1. The summed E-state index contributed by atoms with van der Waals surface area (Å²) in [7, 11) is 0. The molecule has 4 heteroatoms. The van der Waals surface area contributed by atoms with E-state index in [9.17, 15) is 14.7 Å². The highest BCUT2D eigenvalue weighted by molar-refractivity contribution is 5.85. The Morgan fingerprint density at radius 1 is 1.00 bits per heavy atom. The van der Waals surface area contributed by atoms with E-state index in [2.05, 4.69) is 6.92 Å². The molecule has 1 heterocycles. The summed E-state index contributed by atoms with van der Waals surface area (Å²) < 4.78 is 0. The van der Waals surface area contributed by atoms with Crippen molar-refractivity contribution in [3.8, 4) is 0 Å². The quantitative estimate of drug-likeness (QED) is 0.865. The van der Waals surface area contributed by atoms with Gasteiger partial charge in [-0.25, -0.2) is 0 Å². The molecule has 1 saturated carbocycles. The van der Waals surface area contributed by atoms with Crippen molar-refractivity contribution in [3.05, 3.63) is 0 Å². The maximum atomic E-state index is 12.7. The maximum Gasteiger partial charge on any atom is 0.307 e. The number of hydrogen-bond donors (Lipinski definition) is 1. The average Bonchev–Trinajstić information content (AvgIpc) is 2.72. The Kier molecular flexibility index (Phi) is 6.07. The molecule has 2 aliphatic rings. The smallest absolute Gasteiger partial charge is 0.307 e. The van der Waals surface area contributed by atoms with E-state index in [4.69, 9.17) is 0 Å². The molecular weight excluding hydrogens is 266 g/mol. The second kappa shape index (κ2) is 7.81. The van der Waals surface area contributed by atoms with Crippen molar-refractivity contribution in [3.63, 3.8) is 0 Å². The van der Waals surface area contributed by atoms with Crippen LogP contribution < -0.4 is 0 Å². The predicted molar refractivity (Wildman–Crippen MR) is 81.9 cm³/mol. The van der Waals surface area contributed by atoms with Crippen LogP contribution in [-0.2, 0) is 9.59 Å². The molecule has 1 unspecified atom stereocenters. The number of hydrogen-bond acceptors (Lipinski definition) is 2. The van der Waals surface area contributed by atoms with Gasteiger partial charge in [0.2, 0.25) is 5.91 Å². The summed E-state index contributed by atoms with van der Waals surface area (Å²) in [4.78, 5) is 26.1. The third-order valence-corrected chi connectivity index (χ3v) is 5.26. The lowest BCUT2D eigenvalue weighted by Gasteiger charge is -2.32. The summed E-state index contributed by atoms with van der Waals surface area (Å²) >= 11 is 0. The fourth-order valence-electron chi connectivity index (χ4n) is 4.04. The highest BCUT2D eigenvalue weighted by Crippen LogP contribution is 2.33. The van der Waals surface area contributed by atoms with Crippen molar-refractivity contribution >= 4 is 11.9 Å². The first-order valence-electron chi connectivity index (χ1n) is 8.65. The minimum Gasteiger partial charge on any atom is -0.481 e. The van der Waals surface area contributed by atoms with Crippen LogP contribution in [0.25, 0.3) is 0 Å².